The zero-order chi connectivity index (χ0) is 18.4. The lowest BCUT2D eigenvalue weighted by atomic mass is 10.1. The molecule has 5 nitrogen and oxygen atoms in total. The van der Waals surface area contributed by atoms with Crippen LogP contribution in [0.1, 0.15) is 10.9 Å². The molecule has 0 radical (unpaired) electrons. The molecule has 2 aromatic rings. The Labute approximate surface area is 164 Å². The van der Waals surface area contributed by atoms with Crippen molar-refractivity contribution < 1.29 is 4.74 Å². The first-order valence-electron chi connectivity index (χ1n) is 8.80. The zero-order valence-corrected chi connectivity index (χ0v) is 16.9. The van der Waals surface area contributed by atoms with Crippen LogP contribution in [0.3, 0.4) is 0 Å². The number of anilines is 1. The van der Waals surface area contributed by atoms with Crippen molar-refractivity contribution >= 4 is 34.4 Å². The quantitative estimate of drug-likeness (QED) is 0.739. The van der Waals surface area contributed by atoms with E-state index in [-0.39, 0.29) is 0 Å². The predicted octanol–water partition coefficient (Wildman–Crippen LogP) is 3.03. The molecule has 0 amide bonds. The Hall–Kier alpha value is -1.67. The molecule has 1 aliphatic heterocycles. The Morgan fingerprint density at radius 1 is 1.23 bits per heavy atom. The molecule has 1 aromatic carbocycles. The third-order valence-electron chi connectivity index (χ3n) is 4.63. The summed E-state index contributed by atoms with van der Waals surface area (Å²) in [6.07, 6.45) is 0. The highest BCUT2D eigenvalue weighted by molar-refractivity contribution is 7.80. The van der Waals surface area contributed by atoms with E-state index in [0.29, 0.717) is 11.2 Å². The molecule has 0 spiro atoms. The van der Waals surface area contributed by atoms with E-state index in [0.717, 1.165) is 44.2 Å². The maximum Gasteiger partial charge on any atom is 0.170 e. The van der Waals surface area contributed by atoms with Crippen molar-refractivity contribution in [1.82, 2.24) is 15.1 Å². The van der Waals surface area contributed by atoms with E-state index in [1.165, 1.54) is 4.88 Å². The maximum atomic E-state index is 5.50. The van der Waals surface area contributed by atoms with Gasteiger partial charge in [-0.15, -0.1) is 11.3 Å². The topological polar surface area (TPSA) is 39.8 Å². The molecule has 7 heteroatoms. The second-order valence-electron chi connectivity index (χ2n) is 6.44. The number of hydrogen-bond acceptors (Lipinski definition) is 5. The maximum absolute atomic E-state index is 5.50. The molecule has 26 heavy (non-hydrogen) atoms. The minimum absolute atomic E-state index is 0.341. The standard InChI is InChI=1S/C19H26N4OS2/c1-22-8-10-23(11-9-22)17(18-7-4-12-26-18)14-20-19(25)21-15-5-3-6-16(13-15)24-2/h3-7,12-13,17H,8-11,14H2,1-2H3,(H2,20,21,25). The van der Waals surface area contributed by atoms with E-state index >= 15 is 0 Å². The number of nitrogens with one attached hydrogen (secondary N) is 2. The number of thiocarbonyl (C=S) groups is 1. The van der Waals surface area contributed by atoms with Crippen molar-refractivity contribution in [3.63, 3.8) is 0 Å². The van der Waals surface area contributed by atoms with Crippen LogP contribution in [0.25, 0.3) is 0 Å². The van der Waals surface area contributed by atoms with E-state index in [1.807, 2.05) is 35.6 Å². The van der Waals surface area contributed by atoms with Crippen molar-refractivity contribution in [1.29, 1.82) is 0 Å². The molecule has 3 rings (SSSR count). The molecule has 1 fully saturated rings. The van der Waals surface area contributed by atoms with Gasteiger partial charge in [0.05, 0.1) is 13.2 Å². The van der Waals surface area contributed by atoms with Crippen LogP contribution in [0.4, 0.5) is 5.69 Å². The first-order valence-corrected chi connectivity index (χ1v) is 10.1. The van der Waals surface area contributed by atoms with Crippen molar-refractivity contribution in [3.8, 4) is 5.75 Å². The van der Waals surface area contributed by atoms with E-state index < -0.39 is 0 Å². The van der Waals surface area contributed by atoms with Crippen LogP contribution in [0, 0.1) is 0 Å². The van der Waals surface area contributed by atoms with Gasteiger partial charge in [-0.05, 0) is 42.8 Å². The second-order valence-corrected chi connectivity index (χ2v) is 7.82. The van der Waals surface area contributed by atoms with Crippen LogP contribution in [0.15, 0.2) is 41.8 Å². The summed E-state index contributed by atoms with van der Waals surface area (Å²) in [5.41, 5.74) is 0.925. The summed E-state index contributed by atoms with van der Waals surface area (Å²) in [5, 5.41) is 9.42. The van der Waals surface area contributed by atoms with Gasteiger partial charge in [0.25, 0.3) is 0 Å². The average Bonchev–Trinajstić information content (AvgIpc) is 3.18. The molecule has 0 bridgehead atoms. The lowest BCUT2D eigenvalue weighted by Crippen LogP contribution is -2.48. The smallest absolute Gasteiger partial charge is 0.170 e. The van der Waals surface area contributed by atoms with Gasteiger partial charge in [-0.25, -0.2) is 0 Å². The first-order chi connectivity index (χ1) is 12.7. The average molecular weight is 391 g/mol. The number of thiophene rings is 1. The normalized spacial score (nSPS) is 16.8. The summed E-state index contributed by atoms with van der Waals surface area (Å²) >= 11 is 7.31. The molecule has 140 valence electrons. The molecule has 1 unspecified atom stereocenters. The largest absolute Gasteiger partial charge is 0.497 e. The Bertz CT molecular complexity index is 699. The number of benzene rings is 1. The molecular formula is C19H26N4OS2. The number of methoxy groups -OCH3 is 1. The van der Waals surface area contributed by atoms with E-state index in [9.17, 15) is 0 Å². The lowest BCUT2D eigenvalue weighted by Gasteiger charge is -2.37. The highest BCUT2D eigenvalue weighted by Gasteiger charge is 2.24. The van der Waals surface area contributed by atoms with Crippen molar-refractivity contribution in [2.24, 2.45) is 0 Å². The van der Waals surface area contributed by atoms with Gasteiger partial charge in [0.15, 0.2) is 5.11 Å². The monoisotopic (exact) mass is 390 g/mol. The predicted molar refractivity (Wildman–Crippen MR) is 113 cm³/mol. The molecule has 1 saturated heterocycles. The van der Waals surface area contributed by atoms with Gasteiger partial charge in [-0.1, -0.05) is 12.1 Å². The Morgan fingerprint density at radius 3 is 2.73 bits per heavy atom. The van der Waals surface area contributed by atoms with Crippen molar-refractivity contribution in [2.75, 3.05) is 52.2 Å². The van der Waals surface area contributed by atoms with Crippen LogP contribution in [0.2, 0.25) is 0 Å². The Morgan fingerprint density at radius 2 is 2.04 bits per heavy atom. The van der Waals surface area contributed by atoms with Gasteiger partial charge < -0.3 is 20.3 Å². The second kappa shape index (κ2) is 9.32. The molecular weight excluding hydrogens is 364 g/mol. The molecule has 2 heterocycles. The summed E-state index contributed by atoms with van der Waals surface area (Å²) in [6.45, 7) is 5.16. The number of rotatable bonds is 6. The highest BCUT2D eigenvalue weighted by atomic mass is 32.1. The molecule has 0 aliphatic carbocycles. The van der Waals surface area contributed by atoms with E-state index in [4.69, 9.17) is 17.0 Å². The molecule has 2 N–H and O–H groups in total. The van der Waals surface area contributed by atoms with Gasteiger partial charge >= 0.3 is 0 Å². The summed E-state index contributed by atoms with van der Waals surface area (Å²) < 4.78 is 5.26. The zero-order valence-electron chi connectivity index (χ0n) is 15.3. The lowest BCUT2D eigenvalue weighted by molar-refractivity contribution is 0.114. The number of likely N-dealkylation sites (N-methyl/N-ethyl adjacent to an activating group) is 1. The van der Waals surface area contributed by atoms with Crippen LogP contribution >= 0.6 is 23.6 Å². The van der Waals surface area contributed by atoms with Crippen LogP contribution in [0.5, 0.6) is 5.75 Å². The fourth-order valence-corrected chi connectivity index (χ4v) is 4.15. The van der Waals surface area contributed by atoms with Gasteiger partial charge in [0, 0.05) is 49.4 Å². The fraction of sp³-hybridized carbons (Fsp3) is 0.421. The molecule has 1 aromatic heterocycles. The minimum Gasteiger partial charge on any atom is -0.497 e. The number of hydrogen-bond donors (Lipinski definition) is 2. The van der Waals surface area contributed by atoms with Gasteiger partial charge in [-0.2, -0.15) is 0 Å². The van der Waals surface area contributed by atoms with Crippen molar-refractivity contribution in [3.05, 3.63) is 46.7 Å². The molecule has 1 atom stereocenters. The molecule has 1 aliphatic rings. The summed E-state index contributed by atoms with van der Waals surface area (Å²) in [4.78, 5) is 6.31. The van der Waals surface area contributed by atoms with Gasteiger partial charge in [0.1, 0.15) is 5.75 Å². The summed E-state index contributed by atoms with van der Waals surface area (Å²) in [5.74, 6) is 0.812. The van der Waals surface area contributed by atoms with E-state index in [1.54, 1.807) is 7.11 Å². The highest BCUT2D eigenvalue weighted by Crippen LogP contribution is 2.25. The third kappa shape index (κ3) is 5.17. The summed E-state index contributed by atoms with van der Waals surface area (Å²) in [6, 6.07) is 12.5. The van der Waals surface area contributed by atoms with Crippen LogP contribution in [-0.2, 0) is 0 Å². The summed E-state index contributed by atoms with van der Waals surface area (Å²) in [7, 11) is 3.85. The Balaban J connectivity index is 1.59. The number of nitrogens with zero attached hydrogens (tertiary/aromatic N) is 2. The van der Waals surface area contributed by atoms with Gasteiger partial charge in [-0.3, -0.25) is 4.90 Å². The minimum atomic E-state index is 0.341. The van der Waals surface area contributed by atoms with Gasteiger partial charge in [0.2, 0.25) is 0 Å². The first kappa shape index (κ1) is 19.1. The Kier molecular flexibility index (Phi) is 6.85. The van der Waals surface area contributed by atoms with Crippen LogP contribution in [-0.4, -0.2) is 61.8 Å². The van der Waals surface area contributed by atoms with E-state index in [2.05, 4.69) is 45.0 Å². The van der Waals surface area contributed by atoms with Crippen LogP contribution < -0.4 is 15.4 Å². The van der Waals surface area contributed by atoms with Crippen molar-refractivity contribution in [2.45, 2.75) is 6.04 Å². The SMILES string of the molecule is COc1cccc(NC(=S)NCC(c2cccs2)N2CCN(C)CC2)c1. The number of piperazine rings is 1. The molecule has 0 saturated carbocycles. The number of ether oxygens (including phenoxy) is 1. The fourth-order valence-electron chi connectivity index (χ4n) is 3.09. The third-order valence-corrected chi connectivity index (χ3v) is 5.85.